The highest BCUT2D eigenvalue weighted by Crippen LogP contribution is 2.32. The number of nitrogens with two attached hydrogens (primary N) is 1. The molecule has 0 atom stereocenters. The van der Waals surface area contributed by atoms with Crippen LogP contribution in [0.1, 0.15) is 45.7 Å². The highest BCUT2D eigenvalue weighted by atomic mass is 19.4. The molecule has 0 saturated heterocycles. The van der Waals surface area contributed by atoms with E-state index in [1.54, 1.807) is 42.5 Å². The lowest BCUT2D eigenvalue weighted by Gasteiger charge is -2.13. The Labute approximate surface area is 218 Å². The summed E-state index contributed by atoms with van der Waals surface area (Å²) in [5, 5.41) is 6.41. The monoisotopic (exact) mass is 520 g/mol. The van der Waals surface area contributed by atoms with Gasteiger partial charge in [-0.05, 0) is 65.8 Å². The van der Waals surface area contributed by atoms with E-state index in [4.69, 9.17) is 10.5 Å². The van der Waals surface area contributed by atoms with Crippen LogP contribution in [0.2, 0.25) is 0 Å². The maximum Gasteiger partial charge on any atom is 0.435 e. The second kappa shape index (κ2) is 10.7. The van der Waals surface area contributed by atoms with E-state index in [1.807, 2.05) is 30.3 Å². The van der Waals surface area contributed by atoms with Gasteiger partial charge in [0.2, 0.25) is 0 Å². The minimum atomic E-state index is -4.71. The molecule has 0 aliphatic heterocycles. The van der Waals surface area contributed by atoms with Crippen LogP contribution in [0.4, 0.5) is 18.9 Å². The fourth-order valence-electron chi connectivity index (χ4n) is 4.15. The van der Waals surface area contributed by atoms with E-state index >= 15 is 0 Å². The van der Waals surface area contributed by atoms with E-state index < -0.39 is 17.8 Å². The van der Waals surface area contributed by atoms with Gasteiger partial charge in [0.25, 0.3) is 5.91 Å². The van der Waals surface area contributed by atoms with Crippen LogP contribution in [0, 0.1) is 5.92 Å². The Morgan fingerprint density at radius 1 is 1.00 bits per heavy atom. The molecule has 5 rings (SSSR count). The van der Waals surface area contributed by atoms with Gasteiger partial charge in [-0.2, -0.15) is 18.3 Å². The molecule has 1 heterocycles. The van der Waals surface area contributed by atoms with Gasteiger partial charge < -0.3 is 15.8 Å². The Bertz CT molecular complexity index is 1440. The van der Waals surface area contributed by atoms with Crippen molar-refractivity contribution in [2.45, 2.75) is 32.0 Å². The van der Waals surface area contributed by atoms with Crippen molar-refractivity contribution in [3.8, 4) is 11.4 Å². The number of ether oxygens (including phenoxy) is 1. The summed E-state index contributed by atoms with van der Waals surface area (Å²) in [6.45, 7) is 0.902. The number of benzene rings is 3. The molecule has 0 radical (unpaired) electrons. The largest absolute Gasteiger partial charge is 0.493 e. The molecule has 6 nitrogen and oxygen atoms in total. The zero-order chi connectivity index (χ0) is 26.7. The fourth-order valence-corrected chi connectivity index (χ4v) is 4.15. The van der Waals surface area contributed by atoms with Crippen LogP contribution in [-0.4, -0.2) is 22.3 Å². The van der Waals surface area contributed by atoms with Crippen molar-refractivity contribution < 1.29 is 22.7 Å². The van der Waals surface area contributed by atoms with Crippen LogP contribution in [0.25, 0.3) is 5.69 Å². The number of carbonyl (C=O) groups is 1. The molecule has 0 spiro atoms. The van der Waals surface area contributed by atoms with Gasteiger partial charge in [0.15, 0.2) is 5.69 Å². The second-order valence-corrected chi connectivity index (χ2v) is 9.39. The Morgan fingerprint density at radius 3 is 2.53 bits per heavy atom. The summed E-state index contributed by atoms with van der Waals surface area (Å²) < 4.78 is 47.5. The maximum absolute atomic E-state index is 13.5. The van der Waals surface area contributed by atoms with Gasteiger partial charge in [0, 0.05) is 24.7 Å². The molecular formula is C29H27F3N4O2. The molecule has 3 aromatic carbocycles. The smallest absolute Gasteiger partial charge is 0.435 e. The van der Waals surface area contributed by atoms with Crippen LogP contribution in [0.3, 0.4) is 0 Å². The molecule has 9 heteroatoms. The Kier molecular flexibility index (Phi) is 7.20. The zero-order valence-corrected chi connectivity index (χ0v) is 20.5. The van der Waals surface area contributed by atoms with Crippen molar-refractivity contribution in [3.05, 3.63) is 107 Å². The van der Waals surface area contributed by atoms with E-state index in [0.717, 1.165) is 27.6 Å². The number of hydrogen-bond donors (Lipinski definition) is 2. The molecule has 1 fully saturated rings. The first kappa shape index (κ1) is 25.5. The van der Waals surface area contributed by atoms with Crippen molar-refractivity contribution in [2.75, 3.05) is 11.9 Å². The van der Waals surface area contributed by atoms with Crippen LogP contribution in [0.15, 0.2) is 78.9 Å². The fraction of sp³-hybridized carbons (Fsp3) is 0.241. The van der Waals surface area contributed by atoms with Crippen LogP contribution >= 0.6 is 0 Å². The third-order valence-corrected chi connectivity index (χ3v) is 6.35. The highest BCUT2D eigenvalue weighted by Gasteiger charge is 2.36. The molecule has 1 amide bonds. The molecule has 1 saturated carbocycles. The highest BCUT2D eigenvalue weighted by molar-refractivity contribution is 6.03. The molecule has 0 bridgehead atoms. The van der Waals surface area contributed by atoms with Gasteiger partial charge >= 0.3 is 6.18 Å². The van der Waals surface area contributed by atoms with Crippen molar-refractivity contribution in [1.82, 2.24) is 9.78 Å². The van der Waals surface area contributed by atoms with Crippen molar-refractivity contribution in [2.24, 2.45) is 11.7 Å². The van der Waals surface area contributed by atoms with Crippen LogP contribution in [-0.2, 0) is 19.1 Å². The van der Waals surface area contributed by atoms with Crippen LogP contribution in [0.5, 0.6) is 5.75 Å². The first-order valence-electron chi connectivity index (χ1n) is 12.4. The van der Waals surface area contributed by atoms with E-state index in [1.165, 1.54) is 12.8 Å². The number of para-hydroxylation sites is 1. The standard InChI is InChI=1S/C29H27F3N4O2/c30-29(31,32)27-16-25(36(35-27)24-9-4-6-21(15-24)17-33)28(37)34-23-8-3-5-20(14-23)13-22-7-1-2-10-26(22)38-18-19-11-12-19/h1-10,14-16,19H,11-13,17-18,33H2,(H,34,37). The summed E-state index contributed by atoms with van der Waals surface area (Å²) in [5.41, 5.74) is 7.70. The van der Waals surface area contributed by atoms with Gasteiger partial charge in [0.05, 0.1) is 12.3 Å². The Balaban J connectivity index is 1.38. The zero-order valence-electron chi connectivity index (χ0n) is 20.5. The van der Waals surface area contributed by atoms with Crippen molar-refractivity contribution in [3.63, 3.8) is 0 Å². The molecule has 196 valence electrons. The number of aromatic nitrogens is 2. The first-order valence-corrected chi connectivity index (χ1v) is 12.4. The summed E-state index contributed by atoms with van der Waals surface area (Å²) in [6, 6.07) is 22.4. The van der Waals surface area contributed by atoms with Crippen LogP contribution < -0.4 is 15.8 Å². The average molecular weight is 521 g/mol. The maximum atomic E-state index is 13.5. The third-order valence-electron chi connectivity index (χ3n) is 6.35. The third kappa shape index (κ3) is 6.06. The minimum Gasteiger partial charge on any atom is -0.493 e. The number of nitrogens with zero attached hydrogens (tertiary/aromatic N) is 2. The number of nitrogens with one attached hydrogen (secondary N) is 1. The van der Waals surface area contributed by atoms with Crippen molar-refractivity contribution in [1.29, 1.82) is 0 Å². The predicted molar refractivity (Wildman–Crippen MR) is 138 cm³/mol. The van der Waals surface area contributed by atoms with E-state index in [9.17, 15) is 18.0 Å². The first-order chi connectivity index (χ1) is 18.3. The van der Waals surface area contributed by atoms with E-state index in [-0.39, 0.29) is 12.2 Å². The quantitative estimate of drug-likeness (QED) is 0.284. The number of anilines is 1. The topological polar surface area (TPSA) is 82.2 Å². The number of amides is 1. The summed E-state index contributed by atoms with van der Waals surface area (Å²) in [4.78, 5) is 13.2. The summed E-state index contributed by atoms with van der Waals surface area (Å²) in [6.07, 6.45) is -1.73. The van der Waals surface area contributed by atoms with E-state index in [2.05, 4.69) is 10.4 Å². The SMILES string of the molecule is NCc1cccc(-n2nc(C(F)(F)F)cc2C(=O)Nc2cccc(Cc3ccccc3OCC3CC3)c2)c1. The Morgan fingerprint density at radius 2 is 1.76 bits per heavy atom. The van der Waals surface area contributed by atoms with Gasteiger partial charge in [-0.15, -0.1) is 0 Å². The molecule has 1 aromatic heterocycles. The van der Waals surface area contributed by atoms with Crippen molar-refractivity contribution >= 4 is 11.6 Å². The number of hydrogen-bond acceptors (Lipinski definition) is 4. The lowest BCUT2D eigenvalue weighted by Crippen LogP contribution is -2.17. The molecule has 38 heavy (non-hydrogen) atoms. The van der Waals surface area contributed by atoms with Gasteiger partial charge in [0.1, 0.15) is 11.4 Å². The van der Waals surface area contributed by atoms with E-state index in [0.29, 0.717) is 35.9 Å². The molecular weight excluding hydrogens is 493 g/mol. The Hall–Kier alpha value is -4.11. The number of carbonyl (C=O) groups excluding carboxylic acids is 1. The lowest BCUT2D eigenvalue weighted by molar-refractivity contribution is -0.141. The molecule has 0 unspecified atom stereocenters. The normalized spacial score (nSPS) is 13.4. The van der Waals surface area contributed by atoms with Gasteiger partial charge in [-0.25, -0.2) is 4.68 Å². The number of alkyl halides is 3. The average Bonchev–Trinajstić information content (AvgIpc) is 3.62. The summed E-state index contributed by atoms with van der Waals surface area (Å²) >= 11 is 0. The predicted octanol–water partition coefficient (Wildman–Crippen LogP) is 5.98. The lowest BCUT2D eigenvalue weighted by atomic mass is 10.0. The minimum absolute atomic E-state index is 0.199. The van der Waals surface area contributed by atoms with Gasteiger partial charge in [-0.1, -0.05) is 42.5 Å². The number of halogens is 3. The van der Waals surface area contributed by atoms with Gasteiger partial charge in [-0.3, -0.25) is 4.79 Å². The summed E-state index contributed by atoms with van der Waals surface area (Å²) in [5.74, 6) is 0.749. The molecule has 4 aromatic rings. The second-order valence-electron chi connectivity index (χ2n) is 9.39. The molecule has 1 aliphatic carbocycles. The number of rotatable bonds is 9. The summed E-state index contributed by atoms with van der Waals surface area (Å²) in [7, 11) is 0. The molecule has 3 N–H and O–H groups in total. The molecule has 1 aliphatic rings.